The Balaban J connectivity index is 1.98. The maximum absolute atomic E-state index is 10.5. The van der Waals surface area contributed by atoms with Crippen LogP contribution in [0.2, 0.25) is 0 Å². The van der Waals surface area contributed by atoms with E-state index < -0.39 is 0 Å². The maximum atomic E-state index is 10.5. The molecule has 1 saturated heterocycles. The van der Waals surface area contributed by atoms with E-state index in [-0.39, 0.29) is 11.8 Å². The summed E-state index contributed by atoms with van der Waals surface area (Å²) in [6, 6.07) is 3.80. The number of hydrogen-bond acceptors (Lipinski definition) is 5. The van der Waals surface area contributed by atoms with Crippen molar-refractivity contribution in [2.24, 2.45) is 5.92 Å². The zero-order chi connectivity index (χ0) is 14.8. The van der Waals surface area contributed by atoms with Gasteiger partial charge < -0.3 is 19.9 Å². The summed E-state index contributed by atoms with van der Waals surface area (Å²) >= 11 is 0. The van der Waals surface area contributed by atoms with E-state index in [2.05, 4.69) is 10.2 Å². The van der Waals surface area contributed by atoms with E-state index in [1.807, 2.05) is 6.07 Å². The number of methoxy groups -OCH3 is 2. The van der Waals surface area contributed by atoms with E-state index in [1.54, 1.807) is 20.3 Å². The average molecular weight is 292 g/mol. The summed E-state index contributed by atoms with van der Waals surface area (Å²) in [6.45, 7) is 4.02. The fraction of sp³-hybridized carbons (Fsp3) is 0.625. The molecule has 0 aromatic heterocycles. The Morgan fingerprint density at radius 2 is 1.90 bits per heavy atom. The van der Waals surface area contributed by atoms with Gasteiger partial charge in [-0.25, -0.2) is 0 Å². The van der Waals surface area contributed by atoms with Crippen molar-refractivity contribution in [1.29, 1.82) is 0 Å². The number of ether oxygens (including phenoxy) is 2. The second-order valence-corrected chi connectivity index (χ2v) is 5.83. The lowest BCUT2D eigenvalue weighted by Gasteiger charge is -2.36. The van der Waals surface area contributed by atoms with E-state index in [4.69, 9.17) is 9.47 Å². The Morgan fingerprint density at radius 1 is 1.19 bits per heavy atom. The molecule has 1 saturated carbocycles. The van der Waals surface area contributed by atoms with Crippen LogP contribution in [0, 0.1) is 5.92 Å². The average Bonchev–Trinajstić information content (AvgIpc) is 3.34. The van der Waals surface area contributed by atoms with Crippen LogP contribution in [0.15, 0.2) is 12.1 Å². The van der Waals surface area contributed by atoms with Crippen molar-refractivity contribution < 1.29 is 14.6 Å². The number of nitrogens with one attached hydrogen (secondary N) is 1. The molecule has 5 nitrogen and oxygen atoms in total. The summed E-state index contributed by atoms with van der Waals surface area (Å²) < 4.78 is 10.8. The Kier molecular flexibility index (Phi) is 4.22. The number of hydrogen-bond donors (Lipinski definition) is 2. The lowest BCUT2D eigenvalue weighted by molar-refractivity contribution is 0.150. The molecule has 2 fully saturated rings. The topological polar surface area (TPSA) is 54.0 Å². The third-order valence-electron chi connectivity index (χ3n) is 4.46. The van der Waals surface area contributed by atoms with Crippen LogP contribution in [-0.4, -0.2) is 50.4 Å². The predicted octanol–water partition coefficient (Wildman–Crippen LogP) is 1.77. The van der Waals surface area contributed by atoms with Gasteiger partial charge in [-0.3, -0.25) is 4.90 Å². The van der Waals surface area contributed by atoms with E-state index >= 15 is 0 Å². The van der Waals surface area contributed by atoms with Gasteiger partial charge in [0.05, 0.1) is 19.8 Å². The van der Waals surface area contributed by atoms with Gasteiger partial charge >= 0.3 is 0 Å². The molecule has 1 atom stereocenters. The molecule has 0 bridgehead atoms. The third-order valence-corrected chi connectivity index (χ3v) is 4.46. The molecule has 1 heterocycles. The molecule has 2 aliphatic rings. The summed E-state index contributed by atoms with van der Waals surface area (Å²) in [4.78, 5) is 2.47. The van der Waals surface area contributed by atoms with Crippen LogP contribution in [0.1, 0.15) is 24.4 Å². The Morgan fingerprint density at radius 3 is 2.48 bits per heavy atom. The van der Waals surface area contributed by atoms with Gasteiger partial charge in [0.25, 0.3) is 0 Å². The van der Waals surface area contributed by atoms with Crippen LogP contribution in [0.3, 0.4) is 0 Å². The standard InChI is InChI=1S/C16H24N2O3/c1-20-12-9-13(19)15(14(10-12)21-2)16(11-3-4-11)18-7-5-17-6-8-18/h9-11,16-17,19H,3-8H2,1-2H3/t16-/m1/s1. The summed E-state index contributed by atoms with van der Waals surface area (Å²) in [5.41, 5.74) is 0.919. The van der Waals surface area contributed by atoms with Gasteiger partial charge in [-0.15, -0.1) is 0 Å². The first-order chi connectivity index (χ1) is 10.2. The minimum Gasteiger partial charge on any atom is -0.507 e. The minimum atomic E-state index is 0.243. The molecule has 1 aliphatic carbocycles. The third kappa shape index (κ3) is 2.94. The molecular formula is C16H24N2O3. The van der Waals surface area contributed by atoms with E-state index in [1.165, 1.54) is 12.8 Å². The molecule has 0 unspecified atom stereocenters. The fourth-order valence-electron chi connectivity index (χ4n) is 3.26. The van der Waals surface area contributed by atoms with Gasteiger partial charge in [-0.05, 0) is 18.8 Å². The molecule has 1 aromatic carbocycles. The predicted molar refractivity (Wildman–Crippen MR) is 81.1 cm³/mol. The van der Waals surface area contributed by atoms with Crippen LogP contribution >= 0.6 is 0 Å². The highest BCUT2D eigenvalue weighted by molar-refractivity contribution is 5.52. The van der Waals surface area contributed by atoms with Crippen LogP contribution < -0.4 is 14.8 Å². The smallest absolute Gasteiger partial charge is 0.131 e. The Bertz CT molecular complexity index is 497. The number of phenolic OH excluding ortho intramolecular Hbond substituents is 1. The van der Waals surface area contributed by atoms with Gasteiger partial charge in [0, 0.05) is 44.4 Å². The van der Waals surface area contributed by atoms with Crippen molar-refractivity contribution in [3.63, 3.8) is 0 Å². The SMILES string of the molecule is COc1cc(O)c([C@@H](C2CC2)N2CCNCC2)c(OC)c1. The summed E-state index contributed by atoms with van der Waals surface area (Å²) in [7, 11) is 3.25. The molecule has 0 radical (unpaired) electrons. The first kappa shape index (κ1) is 14.5. The van der Waals surface area contributed by atoms with Crippen LogP contribution in [0.25, 0.3) is 0 Å². The van der Waals surface area contributed by atoms with Gasteiger partial charge in [-0.1, -0.05) is 0 Å². The highest BCUT2D eigenvalue weighted by Crippen LogP contribution is 2.50. The Hall–Kier alpha value is -1.46. The largest absolute Gasteiger partial charge is 0.507 e. The van der Waals surface area contributed by atoms with E-state index in [9.17, 15) is 5.11 Å². The number of nitrogens with zero attached hydrogens (tertiary/aromatic N) is 1. The second kappa shape index (κ2) is 6.12. The van der Waals surface area contributed by atoms with Crippen molar-refractivity contribution in [3.05, 3.63) is 17.7 Å². The highest BCUT2D eigenvalue weighted by atomic mass is 16.5. The lowest BCUT2D eigenvalue weighted by Crippen LogP contribution is -2.45. The quantitative estimate of drug-likeness (QED) is 0.866. The molecular weight excluding hydrogens is 268 g/mol. The maximum Gasteiger partial charge on any atom is 0.131 e. The first-order valence-corrected chi connectivity index (χ1v) is 7.64. The van der Waals surface area contributed by atoms with Gasteiger partial charge in [0.2, 0.25) is 0 Å². The summed E-state index contributed by atoms with van der Waals surface area (Å²) in [5, 5.41) is 13.9. The van der Waals surface area contributed by atoms with E-state index in [0.717, 1.165) is 37.5 Å². The summed E-state index contributed by atoms with van der Waals surface area (Å²) in [6.07, 6.45) is 2.45. The molecule has 1 aromatic rings. The molecule has 116 valence electrons. The fourth-order valence-corrected chi connectivity index (χ4v) is 3.26. The van der Waals surface area contributed by atoms with Crippen LogP contribution in [0.5, 0.6) is 17.2 Å². The molecule has 0 amide bonds. The van der Waals surface area contributed by atoms with Crippen molar-refractivity contribution in [3.8, 4) is 17.2 Å². The second-order valence-electron chi connectivity index (χ2n) is 5.83. The highest BCUT2D eigenvalue weighted by Gasteiger charge is 2.39. The van der Waals surface area contributed by atoms with Gasteiger partial charge in [-0.2, -0.15) is 0 Å². The van der Waals surface area contributed by atoms with Gasteiger partial charge in [0.1, 0.15) is 17.2 Å². The molecule has 3 rings (SSSR count). The van der Waals surface area contributed by atoms with E-state index in [0.29, 0.717) is 11.7 Å². The molecule has 2 N–H and O–H groups in total. The number of benzene rings is 1. The molecule has 0 spiro atoms. The lowest BCUT2D eigenvalue weighted by atomic mass is 9.97. The Labute approximate surface area is 125 Å². The monoisotopic (exact) mass is 292 g/mol. The number of piperazine rings is 1. The zero-order valence-electron chi connectivity index (χ0n) is 12.8. The molecule has 21 heavy (non-hydrogen) atoms. The molecule has 1 aliphatic heterocycles. The van der Waals surface area contributed by atoms with Crippen molar-refractivity contribution in [2.45, 2.75) is 18.9 Å². The van der Waals surface area contributed by atoms with Crippen molar-refractivity contribution in [1.82, 2.24) is 10.2 Å². The van der Waals surface area contributed by atoms with Crippen molar-refractivity contribution >= 4 is 0 Å². The normalized spacial score (nSPS) is 21.0. The minimum absolute atomic E-state index is 0.243. The van der Waals surface area contributed by atoms with Crippen LogP contribution in [0.4, 0.5) is 0 Å². The van der Waals surface area contributed by atoms with Crippen LogP contribution in [-0.2, 0) is 0 Å². The van der Waals surface area contributed by atoms with Gasteiger partial charge in [0.15, 0.2) is 0 Å². The number of aromatic hydroxyl groups is 1. The molecule has 5 heteroatoms. The number of phenols is 1. The zero-order valence-corrected chi connectivity index (χ0v) is 12.8. The van der Waals surface area contributed by atoms with Crippen molar-refractivity contribution in [2.75, 3.05) is 40.4 Å². The first-order valence-electron chi connectivity index (χ1n) is 7.64. The summed E-state index contributed by atoms with van der Waals surface area (Å²) in [5.74, 6) is 2.25. The number of rotatable bonds is 5.